The Morgan fingerprint density at radius 3 is 1.41 bits per heavy atom. The smallest absolute Gasteiger partial charge is 0.122 e. The monoisotopic (exact) mass is 488 g/mol. The van der Waals surface area contributed by atoms with Gasteiger partial charge in [0.25, 0.3) is 0 Å². The number of amidine groups is 2. The van der Waals surface area contributed by atoms with Crippen LogP contribution in [0.25, 0.3) is 0 Å². The number of benzene rings is 2. The highest BCUT2D eigenvalue weighted by Crippen LogP contribution is 2.14. The van der Waals surface area contributed by atoms with E-state index < -0.39 is 0 Å². The van der Waals surface area contributed by atoms with E-state index in [1.165, 1.54) is 6.42 Å². The van der Waals surface area contributed by atoms with Crippen LogP contribution in [0.1, 0.15) is 30.4 Å². The Morgan fingerprint density at radius 2 is 1.06 bits per heavy atom. The molecule has 186 valence electrons. The van der Waals surface area contributed by atoms with Crippen LogP contribution in [-0.4, -0.2) is 74.0 Å². The van der Waals surface area contributed by atoms with Gasteiger partial charge in [-0.1, -0.05) is 0 Å². The van der Waals surface area contributed by atoms with E-state index in [1.54, 1.807) is 0 Å². The molecule has 34 heavy (non-hydrogen) atoms. The number of hydrogen-bond acceptors (Lipinski definition) is 6. The first-order valence-corrected chi connectivity index (χ1v) is 11.6. The molecule has 8 nitrogen and oxygen atoms in total. The lowest BCUT2D eigenvalue weighted by atomic mass is 10.2. The van der Waals surface area contributed by atoms with E-state index >= 15 is 0 Å². The molecule has 0 radical (unpaired) electrons. The molecule has 1 aliphatic heterocycles. The number of halogens is 1. The van der Waals surface area contributed by atoms with Crippen molar-refractivity contribution in [1.29, 1.82) is 10.8 Å². The minimum Gasteiger partial charge on any atom is -0.494 e. The van der Waals surface area contributed by atoms with Crippen molar-refractivity contribution in [3.8, 4) is 11.5 Å². The zero-order valence-electron chi connectivity index (χ0n) is 19.7. The largest absolute Gasteiger partial charge is 0.494 e. The van der Waals surface area contributed by atoms with Gasteiger partial charge in [-0.3, -0.25) is 10.8 Å². The van der Waals surface area contributed by atoms with Crippen molar-refractivity contribution < 1.29 is 9.47 Å². The highest BCUT2D eigenvalue weighted by Gasteiger charge is 2.14. The van der Waals surface area contributed by atoms with Crippen molar-refractivity contribution in [3.05, 3.63) is 59.7 Å². The molecule has 1 fully saturated rings. The summed E-state index contributed by atoms with van der Waals surface area (Å²) in [6.07, 6.45) is 3.16. The molecule has 6 N–H and O–H groups in total. The summed E-state index contributed by atoms with van der Waals surface area (Å²) in [7, 11) is 0. The summed E-state index contributed by atoms with van der Waals surface area (Å²) in [4.78, 5) is 5.05. The van der Waals surface area contributed by atoms with Crippen LogP contribution in [0.2, 0.25) is 0 Å². The summed E-state index contributed by atoms with van der Waals surface area (Å²) in [5.74, 6) is 1.78. The lowest BCUT2D eigenvalue weighted by molar-refractivity contribution is 0.221. The summed E-state index contributed by atoms with van der Waals surface area (Å²) >= 11 is 0. The average Bonchev–Trinajstić information content (AvgIpc) is 3.05. The normalized spacial score (nSPS) is 14.6. The van der Waals surface area contributed by atoms with Gasteiger partial charge in [-0.15, -0.1) is 12.4 Å². The van der Waals surface area contributed by atoms with Gasteiger partial charge < -0.3 is 30.7 Å². The lowest BCUT2D eigenvalue weighted by Gasteiger charge is -2.21. The zero-order valence-corrected chi connectivity index (χ0v) is 20.5. The second kappa shape index (κ2) is 14.5. The van der Waals surface area contributed by atoms with Crippen molar-refractivity contribution >= 4 is 24.1 Å². The predicted octanol–water partition coefficient (Wildman–Crippen LogP) is 2.92. The Hall–Kier alpha value is -2.81. The van der Waals surface area contributed by atoms with Gasteiger partial charge in [0.2, 0.25) is 0 Å². The second-order valence-corrected chi connectivity index (χ2v) is 8.32. The van der Waals surface area contributed by atoms with Gasteiger partial charge in [0.05, 0.1) is 13.2 Å². The number of nitrogens with zero attached hydrogens (tertiary/aromatic N) is 2. The third-order valence-electron chi connectivity index (χ3n) is 5.79. The van der Waals surface area contributed by atoms with Crippen LogP contribution in [0.3, 0.4) is 0 Å². The van der Waals surface area contributed by atoms with Crippen LogP contribution >= 0.6 is 12.4 Å². The molecule has 0 spiro atoms. The Kier molecular flexibility index (Phi) is 11.7. The first-order chi connectivity index (χ1) is 16.0. The first-order valence-electron chi connectivity index (χ1n) is 11.6. The quantitative estimate of drug-likeness (QED) is 0.207. The molecule has 1 heterocycles. The Balaban J connectivity index is 0.00000408. The molecule has 1 saturated heterocycles. The fraction of sp³-hybridized carbons (Fsp3) is 0.440. The maximum Gasteiger partial charge on any atom is 0.122 e. The van der Waals surface area contributed by atoms with E-state index in [0.717, 1.165) is 63.6 Å². The highest BCUT2D eigenvalue weighted by atomic mass is 35.5. The molecule has 0 amide bonds. The van der Waals surface area contributed by atoms with Gasteiger partial charge >= 0.3 is 0 Å². The van der Waals surface area contributed by atoms with Gasteiger partial charge in [0.15, 0.2) is 0 Å². The van der Waals surface area contributed by atoms with Crippen LogP contribution in [0, 0.1) is 10.8 Å². The lowest BCUT2D eigenvalue weighted by Crippen LogP contribution is -2.32. The van der Waals surface area contributed by atoms with E-state index in [2.05, 4.69) is 9.80 Å². The van der Waals surface area contributed by atoms with Crippen LogP contribution < -0.4 is 20.9 Å². The summed E-state index contributed by atoms with van der Waals surface area (Å²) in [5.41, 5.74) is 12.4. The van der Waals surface area contributed by atoms with Gasteiger partial charge in [-0.2, -0.15) is 0 Å². The number of ether oxygens (including phenoxy) is 2. The SMILES string of the molecule is Cl.N=C(N)c1ccc(OCCCN2CCCN(CCCOc3ccc(C(=N)N)cc3)CC2)cc1. The topological polar surface area (TPSA) is 125 Å². The molecule has 0 unspecified atom stereocenters. The van der Waals surface area contributed by atoms with Crippen LogP contribution in [-0.2, 0) is 0 Å². The number of nitrogen functional groups attached to an aromatic ring is 2. The maximum atomic E-state index is 7.43. The Bertz CT molecular complexity index is 818. The van der Waals surface area contributed by atoms with Crippen molar-refractivity contribution in [2.24, 2.45) is 11.5 Å². The molecule has 9 heteroatoms. The first kappa shape index (κ1) is 27.4. The highest BCUT2D eigenvalue weighted by molar-refractivity contribution is 5.95. The van der Waals surface area contributed by atoms with E-state index in [-0.39, 0.29) is 24.1 Å². The van der Waals surface area contributed by atoms with Crippen molar-refractivity contribution in [1.82, 2.24) is 9.80 Å². The zero-order chi connectivity index (χ0) is 23.5. The number of rotatable bonds is 12. The molecule has 1 aliphatic rings. The second-order valence-electron chi connectivity index (χ2n) is 8.32. The van der Waals surface area contributed by atoms with E-state index in [1.807, 2.05) is 48.5 Å². The van der Waals surface area contributed by atoms with E-state index in [4.69, 9.17) is 31.8 Å². The third-order valence-corrected chi connectivity index (χ3v) is 5.79. The average molecular weight is 489 g/mol. The predicted molar refractivity (Wildman–Crippen MR) is 140 cm³/mol. The number of hydrogen-bond donors (Lipinski definition) is 4. The molecular weight excluding hydrogens is 452 g/mol. The molecule has 0 aromatic heterocycles. The summed E-state index contributed by atoms with van der Waals surface area (Å²) in [6.45, 7) is 7.87. The molecule has 3 rings (SSSR count). The fourth-order valence-electron chi connectivity index (χ4n) is 3.89. The molecule has 0 atom stereocenters. The van der Waals surface area contributed by atoms with Crippen molar-refractivity contribution in [3.63, 3.8) is 0 Å². The van der Waals surface area contributed by atoms with Crippen LogP contribution in [0.15, 0.2) is 48.5 Å². The maximum absolute atomic E-state index is 7.43. The number of nitrogens with one attached hydrogen (secondary N) is 2. The van der Waals surface area contributed by atoms with E-state index in [0.29, 0.717) is 24.3 Å². The minimum absolute atomic E-state index is 0. The number of nitrogens with two attached hydrogens (primary N) is 2. The molecule has 2 aromatic rings. The molecule has 0 saturated carbocycles. The standard InChI is InChI=1S/C25H36N6O2.ClH/c26-24(27)20-4-8-22(9-5-20)32-18-2-14-30-12-1-13-31(17-16-30)15-3-19-33-23-10-6-21(7-11-23)25(28)29;/h4-11H,1-3,12-19H2,(H3,26,27)(H3,28,29);1H. The molecule has 0 aliphatic carbocycles. The van der Waals surface area contributed by atoms with Crippen molar-refractivity contribution in [2.75, 3.05) is 52.5 Å². The fourth-order valence-corrected chi connectivity index (χ4v) is 3.89. The molecule has 0 bridgehead atoms. The van der Waals surface area contributed by atoms with Crippen LogP contribution in [0.5, 0.6) is 11.5 Å². The minimum atomic E-state index is 0. The summed E-state index contributed by atoms with van der Waals surface area (Å²) in [6, 6.07) is 14.7. The Labute approximate surface area is 208 Å². The van der Waals surface area contributed by atoms with Gasteiger partial charge in [-0.25, -0.2) is 0 Å². The van der Waals surface area contributed by atoms with Gasteiger partial charge in [-0.05, 0) is 80.9 Å². The third kappa shape index (κ3) is 9.21. The molecular formula is C25H37ClN6O2. The van der Waals surface area contributed by atoms with E-state index in [9.17, 15) is 0 Å². The van der Waals surface area contributed by atoms with Gasteiger partial charge in [0.1, 0.15) is 23.2 Å². The van der Waals surface area contributed by atoms with Crippen molar-refractivity contribution in [2.45, 2.75) is 19.3 Å². The molecule has 2 aromatic carbocycles. The summed E-state index contributed by atoms with van der Waals surface area (Å²) in [5, 5.41) is 14.9. The Morgan fingerprint density at radius 1 is 0.676 bits per heavy atom. The van der Waals surface area contributed by atoms with Crippen LogP contribution in [0.4, 0.5) is 0 Å². The summed E-state index contributed by atoms with van der Waals surface area (Å²) < 4.78 is 11.7. The van der Waals surface area contributed by atoms with Gasteiger partial charge in [0, 0.05) is 37.3 Å².